The fourth-order valence-corrected chi connectivity index (χ4v) is 4.53. The molecule has 7 rings (SSSR count). The summed E-state index contributed by atoms with van der Waals surface area (Å²) in [5.41, 5.74) is 10.6. The first-order valence-corrected chi connectivity index (χ1v) is 10.9. The van der Waals surface area contributed by atoms with Crippen molar-refractivity contribution in [2.45, 2.75) is 13.1 Å². The van der Waals surface area contributed by atoms with Crippen LogP contribution in [0.15, 0.2) is 73.1 Å². The lowest BCUT2D eigenvalue weighted by Crippen LogP contribution is -2.13. The van der Waals surface area contributed by atoms with Gasteiger partial charge in [-0.1, -0.05) is 30.3 Å². The highest BCUT2D eigenvalue weighted by molar-refractivity contribution is 5.96. The third-order valence-electron chi connectivity index (χ3n) is 6.13. The van der Waals surface area contributed by atoms with Gasteiger partial charge in [0.05, 0.1) is 22.2 Å². The molecular formula is C26H19N7. The van der Waals surface area contributed by atoms with Gasteiger partial charge in [0, 0.05) is 36.6 Å². The minimum atomic E-state index is 0.697. The molecule has 0 saturated carbocycles. The van der Waals surface area contributed by atoms with Crippen LogP contribution in [0.3, 0.4) is 0 Å². The second kappa shape index (κ2) is 7.08. The Morgan fingerprint density at radius 3 is 2.64 bits per heavy atom. The lowest BCUT2D eigenvalue weighted by atomic mass is 10.0. The van der Waals surface area contributed by atoms with Gasteiger partial charge in [0.15, 0.2) is 11.5 Å². The number of fused-ring (bicyclic) bond motifs is 9. The van der Waals surface area contributed by atoms with E-state index in [9.17, 15) is 0 Å². The Hall–Kier alpha value is -4.36. The Morgan fingerprint density at radius 2 is 1.64 bits per heavy atom. The lowest BCUT2D eigenvalue weighted by molar-refractivity contribution is 0.692. The summed E-state index contributed by atoms with van der Waals surface area (Å²) in [6, 6.07) is 20.9. The molecule has 0 saturated heterocycles. The van der Waals surface area contributed by atoms with Crippen LogP contribution in [-0.4, -0.2) is 30.1 Å². The first-order chi connectivity index (χ1) is 16.3. The maximum atomic E-state index is 4.96. The molecule has 0 amide bonds. The molecular weight excluding hydrogens is 410 g/mol. The van der Waals surface area contributed by atoms with E-state index in [4.69, 9.17) is 9.97 Å². The van der Waals surface area contributed by atoms with Crippen LogP contribution >= 0.6 is 0 Å². The molecule has 0 spiro atoms. The van der Waals surface area contributed by atoms with Crippen molar-refractivity contribution in [1.29, 1.82) is 0 Å². The summed E-state index contributed by atoms with van der Waals surface area (Å²) in [5.74, 6) is 0.697. The molecule has 6 aromatic rings. The minimum Gasteiger partial charge on any atom is -0.336 e. The Morgan fingerprint density at radius 1 is 0.727 bits per heavy atom. The number of hydrogen-bond donors (Lipinski definition) is 3. The zero-order chi connectivity index (χ0) is 21.8. The van der Waals surface area contributed by atoms with E-state index < -0.39 is 0 Å². The minimum absolute atomic E-state index is 0.697. The van der Waals surface area contributed by atoms with Gasteiger partial charge in [0.25, 0.3) is 0 Å². The van der Waals surface area contributed by atoms with E-state index in [-0.39, 0.29) is 0 Å². The summed E-state index contributed by atoms with van der Waals surface area (Å²) in [6.07, 6.45) is 3.75. The number of benzene rings is 2. The quantitative estimate of drug-likeness (QED) is 0.321. The van der Waals surface area contributed by atoms with Crippen molar-refractivity contribution in [1.82, 2.24) is 35.5 Å². The summed E-state index contributed by atoms with van der Waals surface area (Å²) < 4.78 is 0. The Kier molecular flexibility index (Phi) is 3.91. The number of rotatable bonds is 0. The maximum Gasteiger partial charge on any atom is 0.161 e. The molecule has 8 bridgehead atoms. The fourth-order valence-electron chi connectivity index (χ4n) is 4.53. The van der Waals surface area contributed by atoms with Gasteiger partial charge in [-0.25, -0.2) is 9.97 Å². The largest absolute Gasteiger partial charge is 0.336 e. The Bertz CT molecular complexity index is 1660. The van der Waals surface area contributed by atoms with Crippen LogP contribution < -0.4 is 5.32 Å². The standard InChI is InChI=1S/C26H19N7/c1-3-15-9-17(4-1)19-5-2-6-21-23(19)31-26(30-21)25-24-22(32-33-25)8-7-20(29-24)18-10-16(12-27-11-15)13-28-14-18/h1-10,13-14,27H,11-12H2,(H,30,31)(H,32,33). The summed E-state index contributed by atoms with van der Waals surface area (Å²) in [5, 5.41) is 11.2. The highest BCUT2D eigenvalue weighted by Gasteiger charge is 2.17. The summed E-state index contributed by atoms with van der Waals surface area (Å²) in [4.78, 5) is 17.8. The molecule has 5 heterocycles. The first kappa shape index (κ1) is 18.2. The van der Waals surface area contributed by atoms with E-state index in [0.29, 0.717) is 11.5 Å². The molecule has 0 aliphatic carbocycles. The number of para-hydroxylation sites is 1. The molecule has 2 aromatic carbocycles. The highest BCUT2D eigenvalue weighted by Crippen LogP contribution is 2.32. The third kappa shape index (κ3) is 3.01. The average Bonchev–Trinajstić information content (AvgIpc) is 3.47. The molecule has 158 valence electrons. The number of H-pyrrole nitrogens is 2. The topological polar surface area (TPSA) is 95.2 Å². The average molecular weight is 429 g/mol. The Balaban J connectivity index is 1.51. The van der Waals surface area contributed by atoms with Gasteiger partial charge >= 0.3 is 0 Å². The molecule has 7 nitrogen and oxygen atoms in total. The summed E-state index contributed by atoms with van der Waals surface area (Å²) >= 11 is 0. The van der Waals surface area contributed by atoms with Crippen molar-refractivity contribution < 1.29 is 0 Å². The maximum absolute atomic E-state index is 4.96. The van der Waals surface area contributed by atoms with Crippen LogP contribution in [0.5, 0.6) is 0 Å². The zero-order valence-electron chi connectivity index (χ0n) is 17.6. The van der Waals surface area contributed by atoms with E-state index in [1.54, 1.807) is 0 Å². The van der Waals surface area contributed by atoms with Crippen molar-refractivity contribution in [3.63, 3.8) is 0 Å². The number of aromatic amines is 2. The molecule has 0 atom stereocenters. The van der Waals surface area contributed by atoms with E-state index in [1.807, 2.05) is 30.6 Å². The van der Waals surface area contributed by atoms with Gasteiger partial charge < -0.3 is 10.3 Å². The Labute approximate surface area is 189 Å². The van der Waals surface area contributed by atoms with Crippen LogP contribution in [0.2, 0.25) is 0 Å². The predicted molar refractivity (Wildman–Crippen MR) is 128 cm³/mol. The molecule has 4 aromatic heterocycles. The number of aromatic nitrogens is 6. The lowest BCUT2D eigenvalue weighted by Gasteiger charge is -2.09. The first-order valence-electron chi connectivity index (χ1n) is 10.9. The normalized spacial score (nSPS) is 13.1. The molecule has 3 N–H and O–H groups in total. The van der Waals surface area contributed by atoms with Crippen molar-refractivity contribution in [2.75, 3.05) is 0 Å². The zero-order valence-corrected chi connectivity index (χ0v) is 17.6. The number of hydrogen-bond acceptors (Lipinski definition) is 5. The van der Waals surface area contributed by atoms with Crippen LogP contribution in [-0.2, 0) is 13.1 Å². The van der Waals surface area contributed by atoms with Gasteiger partial charge in [-0.3, -0.25) is 10.1 Å². The van der Waals surface area contributed by atoms with Crippen molar-refractivity contribution >= 4 is 22.1 Å². The third-order valence-corrected chi connectivity index (χ3v) is 6.13. The van der Waals surface area contributed by atoms with E-state index in [1.165, 1.54) is 5.56 Å². The molecule has 7 heteroatoms. The fraction of sp³-hybridized carbons (Fsp3) is 0.0769. The monoisotopic (exact) mass is 429 g/mol. The van der Waals surface area contributed by atoms with Gasteiger partial charge in [-0.15, -0.1) is 0 Å². The van der Waals surface area contributed by atoms with Gasteiger partial charge in [0.2, 0.25) is 0 Å². The smallest absolute Gasteiger partial charge is 0.161 e. The van der Waals surface area contributed by atoms with Crippen LogP contribution in [0, 0.1) is 0 Å². The van der Waals surface area contributed by atoms with Crippen LogP contribution in [0.25, 0.3) is 56.0 Å². The van der Waals surface area contributed by atoms with Gasteiger partial charge in [0.1, 0.15) is 5.52 Å². The predicted octanol–water partition coefficient (Wildman–Crippen LogP) is 4.83. The number of nitrogens with zero attached hydrogens (tertiary/aromatic N) is 4. The molecule has 0 unspecified atom stereocenters. The number of imidazole rings is 1. The molecule has 33 heavy (non-hydrogen) atoms. The summed E-state index contributed by atoms with van der Waals surface area (Å²) in [6.45, 7) is 1.49. The number of nitrogens with one attached hydrogen (secondary N) is 3. The van der Waals surface area contributed by atoms with Gasteiger partial charge in [-0.2, -0.15) is 5.10 Å². The van der Waals surface area contributed by atoms with Crippen molar-refractivity contribution in [2.24, 2.45) is 0 Å². The van der Waals surface area contributed by atoms with E-state index >= 15 is 0 Å². The van der Waals surface area contributed by atoms with Crippen molar-refractivity contribution in [3.05, 3.63) is 84.2 Å². The van der Waals surface area contributed by atoms with Crippen LogP contribution in [0.4, 0.5) is 0 Å². The summed E-state index contributed by atoms with van der Waals surface area (Å²) in [7, 11) is 0. The highest BCUT2D eigenvalue weighted by atomic mass is 15.1. The second-order valence-corrected chi connectivity index (χ2v) is 8.34. The van der Waals surface area contributed by atoms with E-state index in [0.717, 1.165) is 63.1 Å². The molecule has 0 radical (unpaired) electrons. The van der Waals surface area contributed by atoms with E-state index in [2.05, 4.69) is 67.9 Å². The van der Waals surface area contributed by atoms with Gasteiger partial charge in [-0.05, 0) is 47.0 Å². The number of pyridine rings is 2. The second-order valence-electron chi connectivity index (χ2n) is 8.34. The molecule has 1 aliphatic heterocycles. The van der Waals surface area contributed by atoms with Crippen LogP contribution in [0.1, 0.15) is 11.1 Å². The molecule has 1 aliphatic rings. The van der Waals surface area contributed by atoms with Crippen molar-refractivity contribution in [3.8, 4) is 33.9 Å². The SMILES string of the molecule is c1cc2cc(c1)-c1cccc3[nH]c(nc13)-c1n[nH]c3ccc(nc13)-c1cncc(c1)CNC2. The molecule has 0 fully saturated rings.